The van der Waals surface area contributed by atoms with Crippen LogP contribution in [0, 0.1) is 0 Å². The van der Waals surface area contributed by atoms with E-state index < -0.39 is 5.41 Å². The minimum Gasteiger partial charge on any atom is -0.493 e. The van der Waals surface area contributed by atoms with E-state index in [1.54, 1.807) is 26.4 Å². The molecule has 144 valence electrons. The van der Waals surface area contributed by atoms with Gasteiger partial charge in [-0.15, -0.1) is 0 Å². The van der Waals surface area contributed by atoms with Crippen LogP contribution in [0.15, 0.2) is 78.9 Å². The Balaban J connectivity index is 2.05. The third-order valence-corrected chi connectivity index (χ3v) is 5.09. The van der Waals surface area contributed by atoms with Crippen molar-refractivity contribution in [2.24, 2.45) is 0 Å². The van der Waals surface area contributed by atoms with Crippen molar-refractivity contribution in [3.63, 3.8) is 0 Å². The molecule has 3 rings (SSSR count). The molecule has 0 fully saturated rings. The predicted molar refractivity (Wildman–Crippen MR) is 112 cm³/mol. The lowest BCUT2D eigenvalue weighted by molar-refractivity contribution is -0.120. The molecule has 0 bridgehead atoms. The number of carbonyl (C=O) groups is 1. The summed E-state index contributed by atoms with van der Waals surface area (Å²) >= 11 is 0. The highest BCUT2D eigenvalue weighted by molar-refractivity contribution is 6.02. The van der Waals surface area contributed by atoms with Gasteiger partial charge in [0.1, 0.15) is 0 Å². The normalized spacial score (nSPS) is 11.0. The zero-order valence-electron chi connectivity index (χ0n) is 16.4. The van der Waals surface area contributed by atoms with Gasteiger partial charge in [0.15, 0.2) is 11.5 Å². The van der Waals surface area contributed by atoms with Gasteiger partial charge in [0, 0.05) is 11.8 Å². The van der Waals surface area contributed by atoms with E-state index >= 15 is 0 Å². The molecule has 0 saturated heterocycles. The van der Waals surface area contributed by atoms with Gasteiger partial charge in [-0.25, -0.2) is 0 Å². The second-order valence-electron chi connectivity index (χ2n) is 6.51. The fourth-order valence-corrected chi connectivity index (χ4v) is 3.59. The van der Waals surface area contributed by atoms with E-state index in [0.29, 0.717) is 23.6 Å². The first kappa shape index (κ1) is 19.5. The average Bonchev–Trinajstić information content (AvgIpc) is 2.76. The highest BCUT2D eigenvalue weighted by Gasteiger charge is 2.40. The fourth-order valence-electron chi connectivity index (χ4n) is 3.59. The summed E-state index contributed by atoms with van der Waals surface area (Å²) in [7, 11) is 3.16. The standard InChI is InChI=1S/C24H25NO3/c1-4-24(18-11-7-5-8-12-18,19-13-9-6-10-14-19)23(26)25-20-15-16-21(27-2)22(17-20)28-3/h5-17H,4H2,1-3H3,(H,25,26). The number of hydrogen-bond acceptors (Lipinski definition) is 3. The van der Waals surface area contributed by atoms with Crippen LogP contribution in [0.25, 0.3) is 0 Å². The van der Waals surface area contributed by atoms with Crippen molar-refractivity contribution in [2.45, 2.75) is 18.8 Å². The molecule has 0 aliphatic heterocycles. The SMILES string of the molecule is CCC(C(=O)Nc1ccc(OC)c(OC)c1)(c1ccccc1)c1ccccc1. The van der Waals surface area contributed by atoms with Gasteiger partial charge in [-0.3, -0.25) is 4.79 Å². The quantitative estimate of drug-likeness (QED) is 0.629. The summed E-state index contributed by atoms with van der Waals surface area (Å²) in [5, 5.41) is 3.08. The van der Waals surface area contributed by atoms with E-state index in [1.807, 2.05) is 73.7 Å². The Morgan fingerprint density at radius 2 is 1.36 bits per heavy atom. The van der Waals surface area contributed by atoms with Crippen LogP contribution in [-0.2, 0) is 10.2 Å². The molecular weight excluding hydrogens is 350 g/mol. The van der Waals surface area contributed by atoms with Crippen molar-refractivity contribution in [3.8, 4) is 11.5 Å². The molecule has 3 aromatic rings. The van der Waals surface area contributed by atoms with E-state index in [2.05, 4.69) is 5.32 Å². The van der Waals surface area contributed by atoms with Crippen molar-refractivity contribution >= 4 is 11.6 Å². The second kappa shape index (κ2) is 8.61. The number of anilines is 1. The minimum atomic E-state index is -0.796. The van der Waals surface area contributed by atoms with E-state index in [0.717, 1.165) is 11.1 Å². The summed E-state index contributed by atoms with van der Waals surface area (Å²) < 4.78 is 10.6. The summed E-state index contributed by atoms with van der Waals surface area (Å²) in [6, 6.07) is 25.2. The Kier molecular flexibility index (Phi) is 5.99. The molecule has 3 aromatic carbocycles. The molecule has 4 heteroatoms. The third kappa shape index (κ3) is 3.58. The van der Waals surface area contributed by atoms with Gasteiger partial charge in [0.05, 0.1) is 19.6 Å². The van der Waals surface area contributed by atoms with Crippen LogP contribution in [0.1, 0.15) is 24.5 Å². The van der Waals surface area contributed by atoms with Crippen LogP contribution < -0.4 is 14.8 Å². The fraction of sp³-hybridized carbons (Fsp3) is 0.208. The molecular formula is C24H25NO3. The zero-order valence-corrected chi connectivity index (χ0v) is 16.4. The molecule has 0 atom stereocenters. The van der Waals surface area contributed by atoms with Crippen molar-refractivity contribution in [1.29, 1.82) is 0 Å². The first-order valence-electron chi connectivity index (χ1n) is 9.30. The van der Waals surface area contributed by atoms with Crippen LogP contribution >= 0.6 is 0 Å². The maximum Gasteiger partial charge on any atom is 0.239 e. The summed E-state index contributed by atoms with van der Waals surface area (Å²) in [6.45, 7) is 2.04. The Morgan fingerprint density at radius 3 is 1.82 bits per heavy atom. The van der Waals surface area contributed by atoms with Gasteiger partial charge in [-0.1, -0.05) is 67.6 Å². The highest BCUT2D eigenvalue weighted by atomic mass is 16.5. The molecule has 0 heterocycles. The van der Waals surface area contributed by atoms with Crippen LogP contribution in [0.5, 0.6) is 11.5 Å². The van der Waals surface area contributed by atoms with Crippen molar-refractivity contribution in [3.05, 3.63) is 90.0 Å². The Morgan fingerprint density at radius 1 is 0.821 bits per heavy atom. The van der Waals surface area contributed by atoms with E-state index in [-0.39, 0.29) is 5.91 Å². The molecule has 4 nitrogen and oxygen atoms in total. The number of carbonyl (C=O) groups excluding carboxylic acids is 1. The number of ether oxygens (including phenoxy) is 2. The molecule has 1 amide bonds. The van der Waals surface area contributed by atoms with Crippen molar-refractivity contribution in [1.82, 2.24) is 0 Å². The molecule has 0 aromatic heterocycles. The lowest BCUT2D eigenvalue weighted by Crippen LogP contribution is -2.41. The molecule has 0 aliphatic carbocycles. The molecule has 0 aliphatic rings. The lowest BCUT2D eigenvalue weighted by Gasteiger charge is -2.33. The van der Waals surface area contributed by atoms with Gasteiger partial charge >= 0.3 is 0 Å². The Labute approximate surface area is 166 Å². The highest BCUT2D eigenvalue weighted by Crippen LogP contribution is 2.38. The first-order chi connectivity index (χ1) is 13.7. The summed E-state index contributed by atoms with van der Waals surface area (Å²) in [4.78, 5) is 13.6. The largest absolute Gasteiger partial charge is 0.493 e. The Hall–Kier alpha value is -3.27. The minimum absolute atomic E-state index is 0.0837. The average molecular weight is 375 g/mol. The lowest BCUT2D eigenvalue weighted by atomic mass is 9.71. The van der Waals surface area contributed by atoms with Gasteiger partial charge in [-0.05, 0) is 29.7 Å². The molecule has 28 heavy (non-hydrogen) atoms. The van der Waals surface area contributed by atoms with Gasteiger partial charge < -0.3 is 14.8 Å². The number of amides is 1. The van der Waals surface area contributed by atoms with Gasteiger partial charge in [0.2, 0.25) is 5.91 Å². The molecule has 1 N–H and O–H groups in total. The number of hydrogen-bond donors (Lipinski definition) is 1. The summed E-state index contributed by atoms with van der Waals surface area (Å²) in [5.41, 5.74) is 1.78. The number of rotatable bonds is 7. The van der Waals surface area contributed by atoms with E-state index in [4.69, 9.17) is 9.47 Å². The molecule has 0 saturated carbocycles. The van der Waals surface area contributed by atoms with Gasteiger partial charge in [0.25, 0.3) is 0 Å². The summed E-state index contributed by atoms with van der Waals surface area (Å²) in [5.74, 6) is 1.11. The van der Waals surface area contributed by atoms with E-state index in [9.17, 15) is 4.79 Å². The molecule has 0 unspecified atom stereocenters. The van der Waals surface area contributed by atoms with Crippen molar-refractivity contribution < 1.29 is 14.3 Å². The second-order valence-corrected chi connectivity index (χ2v) is 6.51. The van der Waals surface area contributed by atoms with Crippen LogP contribution in [0.3, 0.4) is 0 Å². The van der Waals surface area contributed by atoms with Crippen LogP contribution in [0.2, 0.25) is 0 Å². The zero-order chi connectivity index (χ0) is 20.0. The van der Waals surface area contributed by atoms with Crippen LogP contribution in [0.4, 0.5) is 5.69 Å². The number of methoxy groups -OCH3 is 2. The maximum absolute atomic E-state index is 13.6. The number of benzene rings is 3. The molecule has 0 radical (unpaired) electrons. The smallest absolute Gasteiger partial charge is 0.239 e. The maximum atomic E-state index is 13.6. The van der Waals surface area contributed by atoms with Crippen molar-refractivity contribution in [2.75, 3.05) is 19.5 Å². The Bertz CT molecular complexity index is 884. The topological polar surface area (TPSA) is 47.6 Å². The third-order valence-electron chi connectivity index (χ3n) is 5.09. The predicted octanol–water partition coefficient (Wildman–Crippen LogP) is 5.04. The monoisotopic (exact) mass is 375 g/mol. The van der Waals surface area contributed by atoms with E-state index in [1.165, 1.54) is 0 Å². The molecule has 0 spiro atoms. The van der Waals surface area contributed by atoms with Gasteiger partial charge in [-0.2, -0.15) is 0 Å². The van der Waals surface area contributed by atoms with Crippen LogP contribution in [-0.4, -0.2) is 20.1 Å². The number of nitrogens with one attached hydrogen (secondary N) is 1. The first-order valence-corrected chi connectivity index (χ1v) is 9.30. The summed E-state index contributed by atoms with van der Waals surface area (Å²) in [6.07, 6.45) is 0.625.